The van der Waals surface area contributed by atoms with Crippen molar-refractivity contribution in [3.63, 3.8) is 0 Å². The first-order valence-corrected chi connectivity index (χ1v) is 5.42. The Balaban J connectivity index is 2.31. The minimum Gasteiger partial charge on any atom is -0.449 e. The number of ether oxygens (including phenoxy) is 1. The Morgan fingerprint density at radius 1 is 1.56 bits per heavy atom. The van der Waals surface area contributed by atoms with Gasteiger partial charge in [0.05, 0.1) is 6.61 Å². The maximum Gasteiger partial charge on any atom is 0.412 e. The molecule has 1 aromatic rings. The zero-order chi connectivity index (χ0) is 12.1. The number of carbonyl (C=O) groups is 1. The predicted molar refractivity (Wildman–Crippen MR) is 62.2 cm³/mol. The SMILES string of the molecule is CC(C)C(C)COC(=O)Nc1ccn(C)n1. The molecule has 1 rings (SSSR count). The largest absolute Gasteiger partial charge is 0.449 e. The van der Waals surface area contributed by atoms with E-state index in [1.807, 2.05) is 0 Å². The summed E-state index contributed by atoms with van der Waals surface area (Å²) in [5, 5.41) is 6.58. The molecule has 0 aromatic carbocycles. The van der Waals surface area contributed by atoms with E-state index in [-0.39, 0.29) is 0 Å². The van der Waals surface area contributed by atoms with Gasteiger partial charge in [0.2, 0.25) is 0 Å². The van der Waals surface area contributed by atoms with Gasteiger partial charge in [0.1, 0.15) is 0 Å². The molecule has 1 N–H and O–H groups in total. The third-order valence-corrected chi connectivity index (χ3v) is 2.56. The van der Waals surface area contributed by atoms with Crippen LogP contribution in [-0.2, 0) is 11.8 Å². The number of amides is 1. The standard InChI is InChI=1S/C11H19N3O2/c1-8(2)9(3)7-16-11(15)12-10-5-6-14(4)13-10/h5-6,8-9H,7H2,1-4H3,(H,12,13,15). The maximum atomic E-state index is 11.4. The molecule has 0 saturated heterocycles. The van der Waals surface area contributed by atoms with Crippen LogP contribution in [0.5, 0.6) is 0 Å². The average Bonchev–Trinajstić information content (AvgIpc) is 2.60. The van der Waals surface area contributed by atoms with Crippen molar-refractivity contribution in [2.45, 2.75) is 20.8 Å². The first-order valence-electron chi connectivity index (χ1n) is 5.42. The highest BCUT2D eigenvalue weighted by atomic mass is 16.5. The number of nitrogens with zero attached hydrogens (tertiary/aromatic N) is 2. The summed E-state index contributed by atoms with van der Waals surface area (Å²) < 4.78 is 6.70. The summed E-state index contributed by atoms with van der Waals surface area (Å²) in [4.78, 5) is 11.4. The molecule has 90 valence electrons. The highest BCUT2D eigenvalue weighted by Crippen LogP contribution is 2.10. The second-order valence-electron chi connectivity index (χ2n) is 4.32. The summed E-state index contributed by atoms with van der Waals surface area (Å²) in [6, 6.07) is 1.72. The number of carbonyl (C=O) groups excluding carboxylic acids is 1. The van der Waals surface area contributed by atoms with Crippen molar-refractivity contribution in [3.05, 3.63) is 12.3 Å². The minimum atomic E-state index is -0.453. The lowest BCUT2D eigenvalue weighted by Gasteiger charge is -2.15. The summed E-state index contributed by atoms with van der Waals surface area (Å²) >= 11 is 0. The van der Waals surface area contributed by atoms with Gasteiger partial charge in [0.15, 0.2) is 5.82 Å². The van der Waals surface area contributed by atoms with Gasteiger partial charge >= 0.3 is 6.09 Å². The van der Waals surface area contributed by atoms with Gasteiger partial charge in [-0.15, -0.1) is 0 Å². The third-order valence-electron chi connectivity index (χ3n) is 2.56. The molecular formula is C11H19N3O2. The Kier molecular flexibility index (Phi) is 4.34. The van der Waals surface area contributed by atoms with E-state index in [4.69, 9.17) is 4.74 Å². The Labute approximate surface area is 95.8 Å². The summed E-state index contributed by atoms with van der Waals surface area (Å²) in [5.41, 5.74) is 0. The van der Waals surface area contributed by atoms with E-state index in [9.17, 15) is 4.79 Å². The number of hydrogen-bond donors (Lipinski definition) is 1. The first kappa shape index (κ1) is 12.5. The lowest BCUT2D eigenvalue weighted by atomic mass is 10.00. The van der Waals surface area contributed by atoms with Gasteiger partial charge < -0.3 is 4.74 Å². The number of anilines is 1. The number of nitrogens with one attached hydrogen (secondary N) is 1. The molecule has 0 spiro atoms. The quantitative estimate of drug-likeness (QED) is 0.855. The molecule has 1 amide bonds. The van der Waals surface area contributed by atoms with Crippen LogP contribution >= 0.6 is 0 Å². The number of rotatable bonds is 4. The van der Waals surface area contributed by atoms with Gasteiger partial charge in [-0.25, -0.2) is 4.79 Å². The second-order valence-corrected chi connectivity index (χ2v) is 4.32. The second kappa shape index (κ2) is 5.53. The molecule has 5 nitrogen and oxygen atoms in total. The fourth-order valence-electron chi connectivity index (χ4n) is 1.02. The van der Waals surface area contributed by atoms with Gasteiger partial charge in [-0.05, 0) is 11.8 Å². The van der Waals surface area contributed by atoms with Crippen molar-refractivity contribution >= 4 is 11.9 Å². The van der Waals surface area contributed by atoms with Crippen molar-refractivity contribution < 1.29 is 9.53 Å². The van der Waals surface area contributed by atoms with Gasteiger partial charge in [-0.2, -0.15) is 5.10 Å². The minimum absolute atomic E-state index is 0.356. The molecule has 0 aliphatic rings. The molecular weight excluding hydrogens is 206 g/mol. The van der Waals surface area contributed by atoms with E-state index < -0.39 is 6.09 Å². The molecule has 1 aromatic heterocycles. The molecule has 0 fully saturated rings. The fraction of sp³-hybridized carbons (Fsp3) is 0.636. The topological polar surface area (TPSA) is 56.1 Å². The summed E-state index contributed by atoms with van der Waals surface area (Å²) in [6.07, 6.45) is 1.30. The molecule has 0 aliphatic heterocycles. The van der Waals surface area contributed by atoms with E-state index in [0.29, 0.717) is 24.3 Å². The van der Waals surface area contributed by atoms with Crippen LogP contribution in [0.2, 0.25) is 0 Å². The first-order chi connectivity index (χ1) is 7.49. The number of aryl methyl sites for hydroxylation is 1. The van der Waals surface area contributed by atoms with Crippen molar-refractivity contribution in [3.8, 4) is 0 Å². The predicted octanol–water partition coefficient (Wildman–Crippen LogP) is 2.26. The molecule has 0 bridgehead atoms. The summed E-state index contributed by atoms with van der Waals surface area (Å²) in [7, 11) is 1.79. The molecule has 0 radical (unpaired) electrons. The number of hydrogen-bond acceptors (Lipinski definition) is 3. The molecule has 5 heteroatoms. The Hall–Kier alpha value is -1.52. The van der Waals surface area contributed by atoms with Gasteiger partial charge in [0, 0.05) is 19.3 Å². The van der Waals surface area contributed by atoms with Crippen LogP contribution in [-0.4, -0.2) is 22.5 Å². The van der Waals surface area contributed by atoms with E-state index >= 15 is 0 Å². The van der Waals surface area contributed by atoms with E-state index in [1.54, 1.807) is 24.0 Å². The lowest BCUT2D eigenvalue weighted by Crippen LogP contribution is -2.20. The molecule has 0 aliphatic carbocycles. The normalized spacial score (nSPS) is 12.6. The Bertz CT molecular complexity index is 347. The lowest BCUT2D eigenvalue weighted by molar-refractivity contribution is 0.133. The van der Waals surface area contributed by atoms with Crippen molar-refractivity contribution in [2.24, 2.45) is 18.9 Å². The van der Waals surface area contributed by atoms with Crippen LogP contribution in [0, 0.1) is 11.8 Å². The van der Waals surface area contributed by atoms with Gasteiger partial charge in [-0.3, -0.25) is 10.00 Å². The molecule has 1 heterocycles. The van der Waals surface area contributed by atoms with Crippen LogP contribution in [0.4, 0.5) is 10.6 Å². The van der Waals surface area contributed by atoms with Crippen molar-refractivity contribution in [2.75, 3.05) is 11.9 Å². The monoisotopic (exact) mass is 225 g/mol. The zero-order valence-electron chi connectivity index (χ0n) is 10.2. The van der Waals surface area contributed by atoms with E-state index in [2.05, 4.69) is 31.2 Å². The average molecular weight is 225 g/mol. The smallest absolute Gasteiger partial charge is 0.412 e. The van der Waals surface area contributed by atoms with Crippen LogP contribution in [0.1, 0.15) is 20.8 Å². The molecule has 1 atom stereocenters. The van der Waals surface area contributed by atoms with Crippen LogP contribution < -0.4 is 5.32 Å². The molecule has 16 heavy (non-hydrogen) atoms. The highest BCUT2D eigenvalue weighted by molar-refractivity contribution is 5.83. The van der Waals surface area contributed by atoms with Crippen molar-refractivity contribution in [1.82, 2.24) is 9.78 Å². The van der Waals surface area contributed by atoms with Crippen LogP contribution in [0.3, 0.4) is 0 Å². The van der Waals surface area contributed by atoms with E-state index in [1.165, 1.54) is 0 Å². The summed E-state index contributed by atoms with van der Waals surface area (Å²) in [5.74, 6) is 1.36. The molecule has 0 saturated carbocycles. The third kappa shape index (κ3) is 3.92. The maximum absolute atomic E-state index is 11.4. The van der Waals surface area contributed by atoms with Crippen LogP contribution in [0.25, 0.3) is 0 Å². The van der Waals surface area contributed by atoms with Crippen LogP contribution in [0.15, 0.2) is 12.3 Å². The highest BCUT2D eigenvalue weighted by Gasteiger charge is 2.11. The van der Waals surface area contributed by atoms with Crippen molar-refractivity contribution in [1.29, 1.82) is 0 Å². The fourth-order valence-corrected chi connectivity index (χ4v) is 1.02. The Morgan fingerprint density at radius 3 is 2.75 bits per heavy atom. The Morgan fingerprint density at radius 2 is 2.25 bits per heavy atom. The van der Waals surface area contributed by atoms with Gasteiger partial charge in [0.25, 0.3) is 0 Å². The van der Waals surface area contributed by atoms with Gasteiger partial charge in [-0.1, -0.05) is 20.8 Å². The van der Waals surface area contributed by atoms with E-state index in [0.717, 1.165) is 0 Å². The number of aromatic nitrogens is 2. The summed E-state index contributed by atoms with van der Waals surface area (Å²) in [6.45, 7) is 6.68. The zero-order valence-corrected chi connectivity index (χ0v) is 10.2. The molecule has 1 unspecified atom stereocenters.